The second-order valence-electron chi connectivity index (χ2n) is 18.4. The number of para-hydroxylation sites is 2. The molecule has 0 spiro atoms. The summed E-state index contributed by atoms with van der Waals surface area (Å²) in [5, 5.41) is 4.62. The van der Waals surface area contributed by atoms with Crippen molar-refractivity contribution < 1.29 is 8.83 Å². The van der Waals surface area contributed by atoms with E-state index in [0.29, 0.717) is 0 Å². The Morgan fingerprint density at radius 2 is 0.694 bits per heavy atom. The van der Waals surface area contributed by atoms with Crippen molar-refractivity contribution >= 4 is 43.9 Å². The summed E-state index contributed by atoms with van der Waals surface area (Å²) >= 11 is 0. The average Bonchev–Trinajstić information content (AvgIpc) is 4.02. The van der Waals surface area contributed by atoms with E-state index in [1.54, 1.807) is 0 Å². The van der Waals surface area contributed by atoms with Crippen molar-refractivity contribution in [3.05, 3.63) is 204 Å². The van der Waals surface area contributed by atoms with Crippen LogP contribution in [0.2, 0.25) is 0 Å². The molecule has 0 saturated heterocycles. The molecular formula is C60H42O2. The zero-order valence-corrected chi connectivity index (χ0v) is 35.1. The molecule has 0 radical (unpaired) electrons. The molecule has 2 heterocycles. The molecule has 9 aromatic carbocycles. The molecule has 294 valence electrons. The van der Waals surface area contributed by atoms with E-state index in [2.05, 4.69) is 210 Å². The summed E-state index contributed by atoms with van der Waals surface area (Å²) in [6.07, 6.45) is 0. The summed E-state index contributed by atoms with van der Waals surface area (Å²) in [5.41, 5.74) is 22.9. The third-order valence-electron chi connectivity index (χ3n) is 14.2. The van der Waals surface area contributed by atoms with Crippen molar-refractivity contribution in [2.45, 2.75) is 38.5 Å². The maximum Gasteiger partial charge on any atom is 0.144 e. The molecule has 0 atom stereocenters. The van der Waals surface area contributed by atoms with Crippen LogP contribution in [0, 0.1) is 0 Å². The molecule has 0 fully saturated rings. The minimum absolute atomic E-state index is 0.339. The van der Waals surface area contributed by atoms with Crippen molar-refractivity contribution in [2.75, 3.05) is 0 Å². The monoisotopic (exact) mass is 794 g/mol. The normalized spacial score (nSPS) is 14.4. The Hall–Kier alpha value is -7.42. The van der Waals surface area contributed by atoms with Crippen LogP contribution >= 0.6 is 0 Å². The first-order valence-corrected chi connectivity index (χ1v) is 21.8. The lowest BCUT2D eigenvalue weighted by atomic mass is 9.72. The Morgan fingerprint density at radius 1 is 0.323 bits per heavy atom. The number of fused-ring (bicyclic) bond motifs is 15. The first kappa shape index (κ1) is 35.3. The van der Waals surface area contributed by atoms with Crippen LogP contribution in [0.25, 0.3) is 111 Å². The van der Waals surface area contributed by atoms with E-state index in [-0.39, 0.29) is 10.8 Å². The smallest absolute Gasteiger partial charge is 0.144 e. The Kier molecular flexibility index (Phi) is 7.16. The van der Waals surface area contributed by atoms with E-state index in [9.17, 15) is 0 Å². The van der Waals surface area contributed by atoms with E-state index >= 15 is 0 Å². The van der Waals surface area contributed by atoms with Crippen LogP contribution < -0.4 is 0 Å². The van der Waals surface area contributed by atoms with Gasteiger partial charge in [-0.2, -0.15) is 0 Å². The zero-order chi connectivity index (χ0) is 41.5. The highest BCUT2D eigenvalue weighted by Crippen LogP contribution is 2.63. The minimum atomic E-state index is -0.339. The van der Waals surface area contributed by atoms with E-state index < -0.39 is 0 Å². The Labute approximate surface area is 360 Å². The first-order chi connectivity index (χ1) is 30.3. The van der Waals surface area contributed by atoms with Gasteiger partial charge in [-0.15, -0.1) is 0 Å². The predicted molar refractivity (Wildman–Crippen MR) is 258 cm³/mol. The van der Waals surface area contributed by atoms with Crippen LogP contribution in [-0.4, -0.2) is 0 Å². The van der Waals surface area contributed by atoms with Gasteiger partial charge in [0.25, 0.3) is 0 Å². The average molecular weight is 795 g/mol. The standard InChI is InChI=1S/C60H42O2/c1-59(2)47-33-45(39-23-15-21-37(31-39)35-17-7-5-8-18-35)51-41-25-11-13-27-49(41)61-57(51)53(47)43-29-30-44-54-48(60(3,4)56(44)55(43)59)34-46(52-42-26-12-14-28-50(42)62-58(52)54)40-24-16-22-38(32-40)36-19-9-6-10-20-36/h5-34H,1-4H3. The molecule has 0 bridgehead atoms. The Balaban J connectivity index is 1.07. The number of benzene rings is 9. The molecule has 13 rings (SSSR count). The lowest BCUT2D eigenvalue weighted by molar-refractivity contribution is 0.600. The van der Waals surface area contributed by atoms with Crippen molar-refractivity contribution in [2.24, 2.45) is 0 Å². The third-order valence-corrected chi connectivity index (χ3v) is 14.2. The highest BCUT2D eigenvalue weighted by molar-refractivity contribution is 6.20. The zero-order valence-electron chi connectivity index (χ0n) is 35.1. The van der Waals surface area contributed by atoms with E-state index in [1.165, 1.54) is 99.8 Å². The third kappa shape index (κ3) is 4.75. The maximum atomic E-state index is 7.04. The topological polar surface area (TPSA) is 26.3 Å². The summed E-state index contributed by atoms with van der Waals surface area (Å²) in [5.74, 6) is 0. The largest absolute Gasteiger partial charge is 0.455 e. The fourth-order valence-corrected chi connectivity index (χ4v) is 11.4. The predicted octanol–water partition coefficient (Wildman–Crippen LogP) is 16.8. The van der Waals surface area contributed by atoms with Gasteiger partial charge in [0.1, 0.15) is 22.3 Å². The Morgan fingerprint density at radius 3 is 1.13 bits per heavy atom. The summed E-state index contributed by atoms with van der Waals surface area (Å²) in [6, 6.07) is 66.2. The SMILES string of the molecule is CC1(C)c2cc(-c3cccc(-c4ccccc4)c3)c3c(oc4ccccc43)c2-c2ccc3c(c21)C(C)(C)c1cc(-c2cccc(-c4ccccc4)c2)c2c(oc4ccccc42)c1-3. The molecule has 0 saturated carbocycles. The van der Waals surface area contributed by atoms with Gasteiger partial charge in [-0.1, -0.05) is 173 Å². The van der Waals surface area contributed by atoms with Gasteiger partial charge in [0.2, 0.25) is 0 Å². The van der Waals surface area contributed by atoms with Crippen LogP contribution in [-0.2, 0) is 10.8 Å². The van der Waals surface area contributed by atoms with Gasteiger partial charge in [0.15, 0.2) is 0 Å². The molecule has 2 aromatic heterocycles. The Bertz CT molecular complexity index is 3430. The van der Waals surface area contributed by atoms with Crippen molar-refractivity contribution in [1.82, 2.24) is 0 Å². The molecule has 0 amide bonds. The van der Waals surface area contributed by atoms with E-state index in [4.69, 9.17) is 8.83 Å². The molecular weight excluding hydrogens is 753 g/mol. The number of furan rings is 2. The molecule has 2 aliphatic rings. The van der Waals surface area contributed by atoms with Gasteiger partial charge in [-0.3, -0.25) is 0 Å². The molecule has 2 aliphatic carbocycles. The summed E-state index contributed by atoms with van der Waals surface area (Å²) in [6.45, 7) is 9.69. The van der Waals surface area contributed by atoms with Gasteiger partial charge in [0.05, 0.1) is 0 Å². The highest BCUT2D eigenvalue weighted by atomic mass is 16.3. The van der Waals surface area contributed by atoms with Crippen molar-refractivity contribution in [3.63, 3.8) is 0 Å². The fraction of sp³-hybridized carbons (Fsp3) is 0.100. The lowest BCUT2D eigenvalue weighted by Crippen LogP contribution is -2.24. The van der Waals surface area contributed by atoms with Crippen LogP contribution in [0.4, 0.5) is 0 Å². The molecule has 0 N–H and O–H groups in total. The molecule has 11 aromatic rings. The summed E-state index contributed by atoms with van der Waals surface area (Å²) < 4.78 is 14.1. The van der Waals surface area contributed by atoms with Crippen LogP contribution in [0.15, 0.2) is 191 Å². The van der Waals surface area contributed by atoms with Gasteiger partial charge in [-0.05, 0) is 114 Å². The van der Waals surface area contributed by atoms with Gasteiger partial charge < -0.3 is 8.83 Å². The molecule has 0 aliphatic heterocycles. The van der Waals surface area contributed by atoms with Crippen LogP contribution in [0.3, 0.4) is 0 Å². The molecule has 0 unspecified atom stereocenters. The lowest BCUT2D eigenvalue weighted by Gasteiger charge is -2.31. The quantitative estimate of drug-likeness (QED) is 0.177. The first-order valence-electron chi connectivity index (χ1n) is 21.8. The maximum absolute atomic E-state index is 7.04. The number of rotatable bonds is 4. The van der Waals surface area contributed by atoms with Gasteiger partial charge in [-0.25, -0.2) is 0 Å². The highest BCUT2D eigenvalue weighted by Gasteiger charge is 2.48. The van der Waals surface area contributed by atoms with Crippen LogP contribution in [0.5, 0.6) is 0 Å². The number of hydrogen-bond acceptors (Lipinski definition) is 2. The van der Waals surface area contributed by atoms with Gasteiger partial charge in [0, 0.05) is 43.5 Å². The van der Waals surface area contributed by atoms with Crippen molar-refractivity contribution in [3.8, 4) is 66.8 Å². The minimum Gasteiger partial charge on any atom is -0.455 e. The van der Waals surface area contributed by atoms with Gasteiger partial charge >= 0.3 is 0 Å². The molecule has 62 heavy (non-hydrogen) atoms. The van der Waals surface area contributed by atoms with Crippen LogP contribution in [0.1, 0.15) is 49.9 Å². The number of hydrogen-bond donors (Lipinski definition) is 0. The fourth-order valence-electron chi connectivity index (χ4n) is 11.4. The second kappa shape index (κ2) is 12.6. The molecule has 2 nitrogen and oxygen atoms in total. The summed E-state index contributed by atoms with van der Waals surface area (Å²) in [4.78, 5) is 0. The van der Waals surface area contributed by atoms with E-state index in [0.717, 1.165) is 33.1 Å². The summed E-state index contributed by atoms with van der Waals surface area (Å²) in [7, 11) is 0. The molecule has 2 heteroatoms. The second-order valence-corrected chi connectivity index (χ2v) is 18.4. The van der Waals surface area contributed by atoms with E-state index in [1.807, 2.05) is 0 Å². The van der Waals surface area contributed by atoms with Crippen molar-refractivity contribution in [1.29, 1.82) is 0 Å².